The molecule has 0 radical (unpaired) electrons. The molecule has 3 nitrogen and oxygen atoms in total. The van der Waals surface area contributed by atoms with E-state index in [1.165, 1.54) is 6.07 Å². The molecule has 0 aliphatic carbocycles. The van der Waals surface area contributed by atoms with Crippen LogP contribution in [0.2, 0.25) is 0 Å². The Hall–Kier alpha value is -0.940. The summed E-state index contributed by atoms with van der Waals surface area (Å²) < 4.78 is 37.0. The van der Waals surface area contributed by atoms with Crippen molar-refractivity contribution < 1.29 is 12.8 Å². The van der Waals surface area contributed by atoms with Crippen molar-refractivity contribution in [1.29, 1.82) is 0 Å². The fourth-order valence-corrected chi connectivity index (χ4v) is 3.02. The van der Waals surface area contributed by atoms with Crippen LogP contribution in [-0.2, 0) is 9.84 Å². The zero-order valence-corrected chi connectivity index (χ0v) is 12.5. The van der Waals surface area contributed by atoms with Crippen LogP contribution >= 0.6 is 0 Å². The number of halogens is 1. The lowest BCUT2D eigenvalue weighted by atomic mass is 9.96. The minimum absolute atomic E-state index is 0.0205. The molecular formula is C14H22FNO2S. The maximum Gasteiger partial charge on any atom is 0.155 e. The molecule has 19 heavy (non-hydrogen) atoms. The summed E-state index contributed by atoms with van der Waals surface area (Å²) in [4.78, 5) is 0. The normalized spacial score (nSPS) is 14.4. The molecule has 0 spiro atoms. The molecule has 1 unspecified atom stereocenters. The van der Waals surface area contributed by atoms with Crippen LogP contribution in [-0.4, -0.2) is 25.5 Å². The van der Waals surface area contributed by atoms with E-state index in [4.69, 9.17) is 5.73 Å². The van der Waals surface area contributed by atoms with Gasteiger partial charge in [0.15, 0.2) is 9.84 Å². The van der Waals surface area contributed by atoms with Crippen LogP contribution in [0.5, 0.6) is 0 Å². The minimum Gasteiger partial charge on any atom is -0.330 e. The number of benzene rings is 1. The SMILES string of the molecule is CC(C)(C)S(=O)(=O)CCC(CN)c1ccccc1F. The average molecular weight is 287 g/mol. The average Bonchev–Trinajstić information content (AvgIpc) is 2.30. The smallest absolute Gasteiger partial charge is 0.155 e. The van der Waals surface area contributed by atoms with E-state index in [-0.39, 0.29) is 24.0 Å². The van der Waals surface area contributed by atoms with E-state index in [9.17, 15) is 12.8 Å². The highest BCUT2D eigenvalue weighted by Gasteiger charge is 2.29. The molecule has 1 rings (SSSR count). The Morgan fingerprint density at radius 3 is 2.32 bits per heavy atom. The fourth-order valence-electron chi connectivity index (χ4n) is 1.81. The second-order valence-electron chi connectivity index (χ2n) is 5.67. The quantitative estimate of drug-likeness (QED) is 0.905. The highest BCUT2D eigenvalue weighted by Crippen LogP contribution is 2.25. The Bertz CT molecular complexity index is 520. The first kappa shape index (κ1) is 16.1. The van der Waals surface area contributed by atoms with Gasteiger partial charge in [-0.05, 0) is 51.3 Å². The Morgan fingerprint density at radius 1 is 1.26 bits per heavy atom. The lowest BCUT2D eigenvalue weighted by molar-refractivity contribution is 0.542. The van der Waals surface area contributed by atoms with E-state index < -0.39 is 14.6 Å². The maximum atomic E-state index is 13.7. The summed E-state index contributed by atoms with van der Waals surface area (Å²) in [6.45, 7) is 5.25. The van der Waals surface area contributed by atoms with Crippen LogP contribution in [0, 0.1) is 5.82 Å². The molecule has 1 aromatic carbocycles. The highest BCUT2D eigenvalue weighted by atomic mass is 32.2. The summed E-state index contributed by atoms with van der Waals surface area (Å²) in [6.07, 6.45) is 0.344. The summed E-state index contributed by atoms with van der Waals surface area (Å²) in [5.41, 5.74) is 6.15. The molecule has 2 N–H and O–H groups in total. The van der Waals surface area contributed by atoms with Crippen molar-refractivity contribution in [3.8, 4) is 0 Å². The van der Waals surface area contributed by atoms with Gasteiger partial charge in [0.05, 0.1) is 10.5 Å². The molecule has 108 valence electrons. The topological polar surface area (TPSA) is 60.2 Å². The second-order valence-corrected chi connectivity index (χ2v) is 8.54. The predicted octanol–water partition coefficient (Wildman–Crippen LogP) is 2.47. The van der Waals surface area contributed by atoms with Crippen LogP contribution in [0.3, 0.4) is 0 Å². The third-order valence-corrected chi connectivity index (χ3v) is 5.94. The zero-order chi connectivity index (χ0) is 14.7. The van der Waals surface area contributed by atoms with Gasteiger partial charge >= 0.3 is 0 Å². The molecule has 0 saturated heterocycles. The number of hydrogen-bond acceptors (Lipinski definition) is 3. The Kier molecular flexibility index (Phi) is 5.10. The molecule has 0 aliphatic heterocycles. The van der Waals surface area contributed by atoms with Gasteiger partial charge in [0, 0.05) is 0 Å². The van der Waals surface area contributed by atoms with Crippen molar-refractivity contribution in [1.82, 2.24) is 0 Å². The summed E-state index contributed by atoms with van der Waals surface area (Å²) >= 11 is 0. The summed E-state index contributed by atoms with van der Waals surface area (Å²) in [5.74, 6) is -0.573. The van der Waals surface area contributed by atoms with Crippen molar-refractivity contribution in [2.24, 2.45) is 5.73 Å². The monoisotopic (exact) mass is 287 g/mol. The third kappa shape index (κ3) is 4.01. The Morgan fingerprint density at radius 2 is 1.84 bits per heavy atom. The maximum absolute atomic E-state index is 13.7. The van der Waals surface area contributed by atoms with E-state index in [2.05, 4.69) is 0 Å². The molecule has 1 aromatic rings. The number of sulfone groups is 1. The molecule has 0 aromatic heterocycles. The van der Waals surface area contributed by atoms with Gasteiger partial charge in [-0.2, -0.15) is 0 Å². The lowest BCUT2D eigenvalue weighted by Crippen LogP contribution is -2.31. The number of hydrogen-bond donors (Lipinski definition) is 1. The Balaban J connectivity index is 2.84. The van der Waals surface area contributed by atoms with Crippen LogP contribution in [0.25, 0.3) is 0 Å². The van der Waals surface area contributed by atoms with Crippen molar-refractivity contribution in [2.75, 3.05) is 12.3 Å². The predicted molar refractivity (Wildman–Crippen MR) is 76.4 cm³/mol. The lowest BCUT2D eigenvalue weighted by Gasteiger charge is -2.22. The second kappa shape index (κ2) is 6.01. The van der Waals surface area contributed by atoms with Gasteiger partial charge in [-0.3, -0.25) is 0 Å². The molecule has 0 fully saturated rings. The van der Waals surface area contributed by atoms with Crippen LogP contribution < -0.4 is 5.73 Å². The third-order valence-electron chi connectivity index (χ3n) is 3.30. The van der Waals surface area contributed by atoms with Gasteiger partial charge in [0.2, 0.25) is 0 Å². The van der Waals surface area contributed by atoms with Crippen molar-refractivity contribution in [3.05, 3.63) is 35.6 Å². The summed E-state index contributed by atoms with van der Waals surface area (Å²) in [7, 11) is -3.20. The molecule has 0 heterocycles. The van der Waals surface area contributed by atoms with E-state index >= 15 is 0 Å². The molecule has 0 bridgehead atoms. The van der Waals surface area contributed by atoms with Crippen molar-refractivity contribution in [3.63, 3.8) is 0 Å². The summed E-state index contributed by atoms with van der Waals surface area (Å²) in [5, 5.41) is 0. The van der Waals surface area contributed by atoms with Gasteiger partial charge in [0.1, 0.15) is 5.82 Å². The first-order valence-corrected chi connectivity index (χ1v) is 8.01. The Labute approximate surface area is 114 Å². The largest absolute Gasteiger partial charge is 0.330 e. The van der Waals surface area contributed by atoms with Crippen LogP contribution in [0.1, 0.15) is 38.7 Å². The van der Waals surface area contributed by atoms with E-state index in [0.717, 1.165) is 0 Å². The molecule has 0 aliphatic rings. The fraction of sp³-hybridized carbons (Fsp3) is 0.571. The first-order valence-electron chi connectivity index (χ1n) is 6.36. The number of nitrogens with two attached hydrogens (primary N) is 1. The van der Waals surface area contributed by atoms with Gasteiger partial charge in [0.25, 0.3) is 0 Å². The number of rotatable bonds is 5. The van der Waals surface area contributed by atoms with E-state index in [0.29, 0.717) is 12.0 Å². The standard InChI is InChI=1S/C14H22FNO2S/c1-14(2,3)19(17,18)9-8-11(10-16)12-6-4-5-7-13(12)15/h4-7,11H,8-10,16H2,1-3H3. The van der Waals surface area contributed by atoms with Crippen LogP contribution in [0.4, 0.5) is 4.39 Å². The van der Waals surface area contributed by atoms with Gasteiger partial charge in [-0.1, -0.05) is 18.2 Å². The van der Waals surface area contributed by atoms with Gasteiger partial charge in [-0.25, -0.2) is 12.8 Å². The zero-order valence-electron chi connectivity index (χ0n) is 11.7. The highest BCUT2D eigenvalue weighted by molar-refractivity contribution is 7.92. The van der Waals surface area contributed by atoms with Gasteiger partial charge < -0.3 is 5.73 Å². The first-order chi connectivity index (χ1) is 8.69. The molecule has 5 heteroatoms. The van der Waals surface area contributed by atoms with Crippen LogP contribution in [0.15, 0.2) is 24.3 Å². The molecule has 0 saturated carbocycles. The van der Waals surface area contributed by atoms with Crippen molar-refractivity contribution in [2.45, 2.75) is 37.9 Å². The van der Waals surface area contributed by atoms with E-state index in [1.54, 1.807) is 39.0 Å². The molecular weight excluding hydrogens is 265 g/mol. The van der Waals surface area contributed by atoms with Crippen molar-refractivity contribution >= 4 is 9.84 Å². The van der Waals surface area contributed by atoms with Gasteiger partial charge in [-0.15, -0.1) is 0 Å². The molecule has 0 amide bonds. The molecule has 1 atom stereocenters. The minimum atomic E-state index is -3.20. The van der Waals surface area contributed by atoms with E-state index in [1.807, 2.05) is 0 Å². The summed E-state index contributed by atoms with van der Waals surface area (Å²) in [6, 6.07) is 6.38.